The van der Waals surface area contributed by atoms with Gasteiger partial charge in [-0.3, -0.25) is 0 Å². The zero-order valence-corrected chi connectivity index (χ0v) is 14.2. The van der Waals surface area contributed by atoms with E-state index in [9.17, 15) is 0 Å². The highest BCUT2D eigenvalue weighted by Gasteiger charge is 2.07. The summed E-state index contributed by atoms with van der Waals surface area (Å²) in [5, 5.41) is 6.71. The minimum atomic E-state index is 0.176. The van der Waals surface area contributed by atoms with E-state index in [4.69, 9.17) is 0 Å². The van der Waals surface area contributed by atoms with Crippen LogP contribution in [0.3, 0.4) is 0 Å². The van der Waals surface area contributed by atoms with Crippen LogP contribution >= 0.6 is 0 Å². The van der Waals surface area contributed by atoms with Crippen LogP contribution in [-0.4, -0.2) is 9.97 Å². The number of anilines is 3. The van der Waals surface area contributed by atoms with E-state index in [0.717, 1.165) is 11.5 Å². The number of benzene rings is 2. The predicted octanol–water partition coefficient (Wildman–Crippen LogP) is 5.01. The van der Waals surface area contributed by atoms with E-state index in [2.05, 4.69) is 71.7 Å². The van der Waals surface area contributed by atoms with Gasteiger partial charge in [-0.2, -0.15) is 4.98 Å². The molecule has 24 heavy (non-hydrogen) atoms. The highest BCUT2D eigenvalue weighted by molar-refractivity contribution is 5.59. The predicted molar refractivity (Wildman–Crippen MR) is 99.7 cm³/mol. The van der Waals surface area contributed by atoms with E-state index in [1.807, 2.05) is 24.3 Å². The Morgan fingerprint density at radius 2 is 1.75 bits per heavy atom. The molecule has 0 saturated heterocycles. The van der Waals surface area contributed by atoms with Crippen molar-refractivity contribution in [3.63, 3.8) is 0 Å². The van der Waals surface area contributed by atoms with E-state index in [-0.39, 0.29) is 6.04 Å². The Balaban J connectivity index is 1.74. The molecule has 0 aliphatic rings. The van der Waals surface area contributed by atoms with Gasteiger partial charge in [0.25, 0.3) is 0 Å². The normalized spacial score (nSPS) is 11.8. The summed E-state index contributed by atoms with van der Waals surface area (Å²) in [6.45, 7) is 6.28. The lowest BCUT2D eigenvalue weighted by Gasteiger charge is -2.15. The SMILES string of the molecule is Cc1ccc(Nc2nccc(NC(C)c3ccccc3)n2)c(C)c1. The molecule has 4 heteroatoms. The van der Waals surface area contributed by atoms with Gasteiger partial charge in [0.2, 0.25) is 5.95 Å². The van der Waals surface area contributed by atoms with E-state index < -0.39 is 0 Å². The van der Waals surface area contributed by atoms with Crippen molar-refractivity contribution in [3.8, 4) is 0 Å². The Morgan fingerprint density at radius 1 is 0.958 bits per heavy atom. The van der Waals surface area contributed by atoms with Gasteiger partial charge in [-0.15, -0.1) is 0 Å². The van der Waals surface area contributed by atoms with Crippen molar-refractivity contribution in [1.82, 2.24) is 9.97 Å². The molecular weight excluding hydrogens is 296 g/mol. The molecule has 1 atom stereocenters. The lowest BCUT2D eigenvalue weighted by atomic mass is 10.1. The van der Waals surface area contributed by atoms with Crippen molar-refractivity contribution in [2.75, 3.05) is 10.6 Å². The zero-order chi connectivity index (χ0) is 16.9. The number of nitrogens with zero attached hydrogens (tertiary/aromatic N) is 2. The first kappa shape index (κ1) is 16.0. The molecule has 3 aromatic rings. The Kier molecular flexibility index (Phi) is 4.75. The zero-order valence-electron chi connectivity index (χ0n) is 14.2. The minimum absolute atomic E-state index is 0.176. The average Bonchev–Trinajstić information content (AvgIpc) is 2.58. The fourth-order valence-corrected chi connectivity index (χ4v) is 2.62. The molecule has 3 rings (SSSR count). The maximum Gasteiger partial charge on any atom is 0.229 e. The lowest BCUT2D eigenvalue weighted by Crippen LogP contribution is -2.09. The first-order valence-corrected chi connectivity index (χ1v) is 8.10. The highest BCUT2D eigenvalue weighted by atomic mass is 15.1. The number of nitrogens with one attached hydrogen (secondary N) is 2. The van der Waals surface area contributed by atoms with Crippen molar-refractivity contribution in [1.29, 1.82) is 0 Å². The topological polar surface area (TPSA) is 49.8 Å². The fraction of sp³-hybridized carbons (Fsp3) is 0.200. The summed E-state index contributed by atoms with van der Waals surface area (Å²) in [5.74, 6) is 1.39. The van der Waals surface area contributed by atoms with Gasteiger partial charge in [-0.25, -0.2) is 4.98 Å². The molecule has 0 aliphatic heterocycles. The van der Waals surface area contributed by atoms with Crippen LogP contribution in [0, 0.1) is 13.8 Å². The van der Waals surface area contributed by atoms with Gasteiger partial charge in [-0.1, -0.05) is 48.0 Å². The molecule has 0 aliphatic carbocycles. The quantitative estimate of drug-likeness (QED) is 0.694. The molecule has 1 heterocycles. The Hall–Kier alpha value is -2.88. The second-order valence-electron chi connectivity index (χ2n) is 5.99. The van der Waals surface area contributed by atoms with Gasteiger partial charge in [0.1, 0.15) is 5.82 Å². The van der Waals surface area contributed by atoms with Crippen LogP contribution in [0.2, 0.25) is 0 Å². The van der Waals surface area contributed by atoms with Crippen molar-refractivity contribution >= 4 is 17.5 Å². The average molecular weight is 318 g/mol. The molecular formula is C20H22N4. The molecule has 0 saturated carbocycles. The number of hydrogen-bond acceptors (Lipinski definition) is 4. The van der Waals surface area contributed by atoms with Gasteiger partial charge < -0.3 is 10.6 Å². The Labute approximate surface area is 143 Å². The van der Waals surface area contributed by atoms with Crippen LogP contribution in [0.5, 0.6) is 0 Å². The molecule has 2 aromatic carbocycles. The second kappa shape index (κ2) is 7.13. The molecule has 0 spiro atoms. The second-order valence-corrected chi connectivity index (χ2v) is 5.99. The summed E-state index contributed by atoms with van der Waals surface area (Å²) in [4.78, 5) is 8.88. The monoisotopic (exact) mass is 318 g/mol. The molecule has 0 bridgehead atoms. The number of hydrogen-bond donors (Lipinski definition) is 2. The van der Waals surface area contributed by atoms with Crippen molar-refractivity contribution in [3.05, 3.63) is 77.5 Å². The molecule has 0 fully saturated rings. The maximum atomic E-state index is 4.56. The smallest absolute Gasteiger partial charge is 0.229 e. The number of aryl methyl sites for hydroxylation is 2. The molecule has 4 nitrogen and oxygen atoms in total. The lowest BCUT2D eigenvalue weighted by molar-refractivity contribution is 0.873. The van der Waals surface area contributed by atoms with Gasteiger partial charge in [0.05, 0.1) is 0 Å². The summed E-state index contributed by atoms with van der Waals surface area (Å²) in [7, 11) is 0. The molecule has 0 radical (unpaired) electrons. The number of aromatic nitrogens is 2. The van der Waals surface area contributed by atoms with Crippen LogP contribution in [-0.2, 0) is 0 Å². The fourth-order valence-electron chi connectivity index (χ4n) is 2.62. The van der Waals surface area contributed by atoms with E-state index in [1.165, 1.54) is 16.7 Å². The Morgan fingerprint density at radius 3 is 2.50 bits per heavy atom. The maximum absolute atomic E-state index is 4.56. The van der Waals surface area contributed by atoms with Crippen molar-refractivity contribution < 1.29 is 0 Å². The molecule has 2 N–H and O–H groups in total. The molecule has 1 unspecified atom stereocenters. The third kappa shape index (κ3) is 3.90. The van der Waals surface area contributed by atoms with Crippen LogP contribution in [0.15, 0.2) is 60.8 Å². The van der Waals surface area contributed by atoms with Gasteiger partial charge >= 0.3 is 0 Å². The van der Waals surface area contributed by atoms with E-state index in [1.54, 1.807) is 6.20 Å². The minimum Gasteiger partial charge on any atom is -0.363 e. The summed E-state index contributed by atoms with van der Waals surface area (Å²) >= 11 is 0. The van der Waals surface area contributed by atoms with Crippen molar-refractivity contribution in [2.24, 2.45) is 0 Å². The third-order valence-electron chi connectivity index (χ3n) is 3.95. The first-order chi connectivity index (χ1) is 11.6. The standard InChI is InChI=1S/C20H22N4/c1-14-9-10-18(15(2)13-14)23-20-21-12-11-19(24-20)22-16(3)17-7-5-4-6-8-17/h4-13,16H,1-3H3,(H2,21,22,23,24). The van der Waals surface area contributed by atoms with Gasteiger partial charge in [0, 0.05) is 17.9 Å². The highest BCUT2D eigenvalue weighted by Crippen LogP contribution is 2.21. The van der Waals surface area contributed by atoms with Gasteiger partial charge in [0.15, 0.2) is 0 Å². The summed E-state index contributed by atoms with van der Waals surface area (Å²) < 4.78 is 0. The number of rotatable bonds is 5. The van der Waals surface area contributed by atoms with Crippen molar-refractivity contribution in [2.45, 2.75) is 26.8 Å². The molecule has 1 aromatic heterocycles. The van der Waals surface area contributed by atoms with E-state index >= 15 is 0 Å². The van der Waals surface area contributed by atoms with Gasteiger partial charge in [-0.05, 0) is 44.0 Å². The van der Waals surface area contributed by atoms with E-state index in [0.29, 0.717) is 5.95 Å². The van der Waals surface area contributed by atoms with Crippen LogP contribution in [0.25, 0.3) is 0 Å². The summed E-state index contributed by atoms with van der Waals surface area (Å²) in [5.41, 5.74) is 4.66. The first-order valence-electron chi connectivity index (χ1n) is 8.10. The van der Waals surface area contributed by atoms with Crippen LogP contribution < -0.4 is 10.6 Å². The largest absolute Gasteiger partial charge is 0.363 e. The molecule has 122 valence electrons. The summed E-state index contributed by atoms with van der Waals surface area (Å²) in [6.07, 6.45) is 1.76. The third-order valence-corrected chi connectivity index (χ3v) is 3.95. The summed E-state index contributed by atoms with van der Waals surface area (Å²) in [6, 6.07) is 18.6. The molecule has 0 amide bonds. The Bertz CT molecular complexity index is 815. The van der Waals surface area contributed by atoms with Crippen LogP contribution in [0.4, 0.5) is 17.5 Å². The van der Waals surface area contributed by atoms with Crippen LogP contribution in [0.1, 0.15) is 29.7 Å².